The smallest absolute Gasteiger partial charge is 0.371 e. The lowest BCUT2D eigenvalue weighted by Crippen LogP contribution is -2.48. The Morgan fingerprint density at radius 3 is 2.89 bits per heavy atom. The summed E-state index contributed by atoms with van der Waals surface area (Å²) in [6.07, 6.45) is 1.83. The van der Waals surface area contributed by atoms with Crippen LogP contribution in [0.2, 0.25) is 0 Å². The summed E-state index contributed by atoms with van der Waals surface area (Å²) in [7, 11) is 0. The molecule has 2 rings (SSSR count). The summed E-state index contributed by atoms with van der Waals surface area (Å²) >= 11 is 0. The number of carboxylic acid groups (broad SMARTS) is 1. The SMILES string of the molecule is CC1(C(=O)NCc2ccc(C(=O)O)o2)CCCNC1. The van der Waals surface area contributed by atoms with Gasteiger partial charge < -0.3 is 20.2 Å². The molecule has 1 unspecified atom stereocenters. The molecule has 0 saturated carbocycles. The van der Waals surface area contributed by atoms with Gasteiger partial charge in [0.2, 0.25) is 11.7 Å². The molecule has 0 aromatic carbocycles. The number of carboxylic acids is 1. The number of carbonyl (C=O) groups excluding carboxylic acids is 1. The maximum atomic E-state index is 12.1. The van der Waals surface area contributed by atoms with E-state index in [4.69, 9.17) is 9.52 Å². The summed E-state index contributed by atoms with van der Waals surface area (Å²) in [6.45, 7) is 3.75. The average molecular weight is 266 g/mol. The standard InChI is InChI=1S/C13H18N2O4/c1-13(5-2-6-14-8-13)12(18)15-7-9-3-4-10(19-9)11(16)17/h3-4,14H,2,5-8H2,1H3,(H,15,18)(H,16,17). The first-order valence-electron chi connectivity index (χ1n) is 6.32. The number of furan rings is 1. The maximum Gasteiger partial charge on any atom is 0.371 e. The van der Waals surface area contributed by atoms with Crippen molar-refractivity contribution in [1.29, 1.82) is 0 Å². The Morgan fingerprint density at radius 2 is 2.32 bits per heavy atom. The molecule has 1 atom stereocenters. The van der Waals surface area contributed by atoms with E-state index in [0.717, 1.165) is 19.4 Å². The number of hydrogen-bond donors (Lipinski definition) is 3. The van der Waals surface area contributed by atoms with Gasteiger partial charge in [-0.25, -0.2) is 4.79 Å². The van der Waals surface area contributed by atoms with Crippen LogP contribution in [0.25, 0.3) is 0 Å². The highest BCUT2D eigenvalue weighted by Gasteiger charge is 2.34. The van der Waals surface area contributed by atoms with Crippen molar-refractivity contribution in [1.82, 2.24) is 10.6 Å². The van der Waals surface area contributed by atoms with Crippen molar-refractivity contribution in [3.63, 3.8) is 0 Å². The zero-order valence-electron chi connectivity index (χ0n) is 10.9. The minimum atomic E-state index is -1.11. The van der Waals surface area contributed by atoms with Gasteiger partial charge in [0.1, 0.15) is 5.76 Å². The van der Waals surface area contributed by atoms with E-state index in [-0.39, 0.29) is 18.2 Å². The first-order chi connectivity index (χ1) is 9.01. The lowest BCUT2D eigenvalue weighted by atomic mass is 9.82. The predicted molar refractivity (Wildman–Crippen MR) is 67.7 cm³/mol. The van der Waals surface area contributed by atoms with Crippen molar-refractivity contribution in [3.05, 3.63) is 23.7 Å². The van der Waals surface area contributed by atoms with Gasteiger partial charge >= 0.3 is 5.97 Å². The first-order valence-corrected chi connectivity index (χ1v) is 6.32. The highest BCUT2D eigenvalue weighted by atomic mass is 16.4. The van der Waals surface area contributed by atoms with Gasteiger partial charge in [0.05, 0.1) is 12.0 Å². The summed E-state index contributed by atoms with van der Waals surface area (Å²) in [4.78, 5) is 22.8. The summed E-state index contributed by atoms with van der Waals surface area (Å²) in [5.41, 5.74) is -0.402. The molecular formula is C13H18N2O4. The Balaban J connectivity index is 1.90. The highest BCUT2D eigenvalue weighted by molar-refractivity contribution is 5.84. The number of aromatic carboxylic acids is 1. The van der Waals surface area contributed by atoms with Crippen molar-refractivity contribution >= 4 is 11.9 Å². The lowest BCUT2D eigenvalue weighted by Gasteiger charge is -2.32. The molecule has 19 heavy (non-hydrogen) atoms. The predicted octanol–water partition coefficient (Wildman–Crippen LogP) is 0.984. The number of nitrogens with one attached hydrogen (secondary N) is 2. The molecule has 0 spiro atoms. The molecule has 2 heterocycles. The second kappa shape index (κ2) is 5.44. The molecule has 1 aliphatic rings. The first kappa shape index (κ1) is 13.6. The van der Waals surface area contributed by atoms with E-state index in [1.165, 1.54) is 6.07 Å². The molecule has 1 fully saturated rings. The Kier molecular flexibility index (Phi) is 3.90. The van der Waals surface area contributed by atoms with E-state index in [9.17, 15) is 9.59 Å². The minimum absolute atomic E-state index is 0.0343. The van der Waals surface area contributed by atoms with Crippen molar-refractivity contribution in [2.75, 3.05) is 13.1 Å². The molecule has 0 radical (unpaired) electrons. The van der Waals surface area contributed by atoms with Crippen LogP contribution in [0, 0.1) is 5.41 Å². The van der Waals surface area contributed by atoms with Crippen molar-refractivity contribution in [2.45, 2.75) is 26.3 Å². The summed E-state index contributed by atoms with van der Waals surface area (Å²) in [5.74, 6) is -0.818. The quantitative estimate of drug-likeness (QED) is 0.755. The summed E-state index contributed by atoms with van der Waals surface area (Å²) < 4.78 is 5.09. The molecule has 1 aromatic heterocycles. The Morgan fingerprint density at radius 1 is 1.53 bits per heavy atom. The van der Waals surface area contributed by atoms with Crippen LogP contribution in [0.15, 0.2) is 16.5 Å². The molecule has 104 valence electrons. The van der Waals surface area contributed by atoms with Gasteiger partial charge in [-0.3, -0.25) is 4.79 Å². The van der Waals surface area contributed by atoms with Gasteiger partial charge in [-0.1, -0.05) is 0 Å². The lowest BCUT2D eigenvalue weighted by molar-refractivity contribution is -0.131. The van der Waals surface area contributed by atoms with Gasteiger partial charge in [0, 0.05) is 6.54 Å². The Labute approximate surface area is 111 Å². The fourth-order valence-electron chi connectivity index (χ4n) is 2.22. The third kappa shape index (κ3) is 3.14. The van der Waals surface area contributed by atoms with Gasteiger partial charge in [0.25, 0.3) is 0 Å². The van der Waals surface area contributed by atoms with Crippen molar-refractivity contribution in [3.8, 4) is 0 Å². The monoisotopic (exact) mass is 266 g/mol. The summed E-state index contributed by atoms with van der Waals surface area (Å²) in [5, 5.41) is 14.7. The number of amides is 1. The van der Waals surface area contributed by atoms with Crippen LogP contribution in [0.1, 0.15) is 36.1 Å². The van der Waals surface area contributed by atoms with E-state index in [2.05, 4.69) is 10.6 Å². The van der Waals surface area contributed by atoms with Gasteiger partial charge in [-0.05, 0) is 38.4 Å². The van der Waals surface area contributed by atoms with Gasteiger partial charge in [-0.15, -0.1) is 0 Å². The molecule has 1 amide bonds. The minimum Gasteiger partial charge on any atom is -0.475 e. The van der Waals surface area contributed by atoms with E-state index in [1.807, 2.05) is 6.92 Å². The van der Waals surface area contributed by atoms with Crippen molar-refractivity contribution in [2.24, 2.45) is 5.41 Å². The fourth-order valence-corrected chi connectivity index (χ4v) is 2.22. The number of rotatable bonds is 4. The summed E-state index contributed by atoms with van der Waals surface area (Å²) in [6, 6.07) is 2.94. The molecule has 6 nitrogen and oxygen atoms in total. The molecular weight excluding hydrogens is 248 g/mol. The normalized spacial score (nSPS) is 23.0. The number of hydrogen-bond acceptors (Lipinski definition) is 4. The fraction of sp³-hybridized carbons (Fsp3) is 0.538. The molecule has 6 heteroatoms. The van der Waals surface area contributed by atoms with Crippen LogP contribution in [0.4, 0.5) is 0 Å². The van der Waals surface area contributed by atoms with Crippen LogP contribution in [0.3, 0.4) is 0 Å². The van der Waals surface area contributed by atoms with Crippen molar-refractivity contribution < 1.29 is 19.1 Å². The highest BCUT2D eigenvalue weighted by Crippen LogP contribution is 2.25. The third-order valence-electron chi connectivity index (χ3n) is 3.44. The van der Waals surface area contributed by atoms with Gasteiger partial charge in [0.15, 0.2) is 0 Å². The third-order valence-corrected chi connectivity index (χ3v) is 3.44. The van der Waals surface area contributed by atoms with Crippen LogP contribution < -0.4 is 10.6 Å². The van der Waals surface area contributed by atoms with Crippen LogP contribution in [-0.4, -0.2) is 30.1 Å². The maximum absolute atomic E-state index is 12.1. The molecule has 1 saturated heterocycles. The topological polar surface area (TPSA) is 91.6 Å². The molecule has 1 aromatic rings. The Bertz CT molecular complexity index is 475. The van der Waals surface area contributed by atoms with E-state index < -0.39 is 11.4 Å². The van der Waals surface area contributed by atoms with Crippen LogP contribution in [-0.2, 0) is 11.3 Å². The van der Waals surface area contributed by atoms with Crippen LogP contribution >= 0.6 is 0 Å². The largest absolute Gasteiger partial charge is 0.475 e. The van der Waals surface area contributed by atoms with Gasteiger partial charge in [-0.2, -0.15) is 0 Å². The van der Waals surface area contributed by atoms with E-state index in [1.54, 1.807) is 6.07 Å². The Hall–Kier alpha value is -1.82. The zero-order chi connectivity index (χ0) is 13.9. The number of piperidine rings is 1. The molecule has 0 bridgehead atoms. The van der Waals surface area contributed by atoms with E-state index >= 15 is 0 Å². The second-order valence-corrected chi connectivity index (χ2v) is 5.09. The van der Waals surface area contributed by atoms with Crippen LogP contribution in [0.5, 0.6) is 0 Å². The van der Waals surface area contributed by atoms with E-state index in [0.29, 0.717) is 12.3 Å². The molecule has 1 aliphatic heterocycles. The molecule has 0 aliphatic carbocycles. The average Bonchev–Trinajstić information content (AvgIpc) is 2.85. The zero-order valence-corrected chi connectivity index (χ0v) is 10.9. The number of carbonyl (C=O) groups is 2. The molecule has 3 N–H and O–H groups in total. The second-order valence-electron chi connectivity index (χ2n) is 5.09.